The molecule has 1 unspecified atom stereocenters. The van der Waals surface area contributed by atoms with Crippen LogP contribution in [0.25, 0.3) is 0 Å². The molecular weight excluding hydrogens is 252 g/mol. The number of ether oxygens (including phenoxy) is 1. The molecule has 4 nitrogen and oxygen atoms in total. The number of nitrogens with zero attached hydrogens (tertiary/aromatic N) is 2. The predicted octanol–water partition coefficient (Wildman–Crippen LogP) is 2.82. The fourth-order valence-electron chi connectivity index (χ4n) is 2.21. The number of aromatic nitrogens is 1. The largest absolute Gasteiger partial charge is 0.393 e. The van der Waals surface area contributed by atoms with Gasteiger partial charge in [-0.2, -0.15) is 0 Å². The molecule has 1 aliphatic rings. The standard InChI is InChI=1S/C14H22N2O.C2H6O/c1-3-11(2)14-5-4-12(10-15-14)16-8-6-13(17)7-9-16;1-3-2/h4-5,10-11,13,17H,3,6-9H2,1-2H3;1-2H3. The summed E-state index contributed by atoms with van der Waals surface area (Å²) in [4.78, 5) is 6.85. The van der Waals surface area contributed by atoms with Crippen LogP contribution in [0.1, 0.15) is 44.7 Å². The van der Waals surface area contributed by atoms with Gasteiger partial charge in [-0.15, -0.1) is 0 Å². The van der Waals surface area contributed by atoms with Crippen molar-refractivity contribution in [3.05, 3.63) is 24.0 Å². The number of anilines is 1. The summed E-state index contributed by atoms with van der Waals surface area (Å²) in [5.41, 5.74) is 2.36. The van der Waals surface area contributed by atoms with Crippen molar-refractivity contribution in [1.29, 1.82) is 0 Å². The van der Waals surface area contributed by atoms with Crippen LogP contribution in [-0.4, -0.2) is 43.5 Å². The number of hydrogen-bond donors (Lipinski definition) is 1. The van der Waals surface area contributed by atoms with Gasteiger partial charge >= 0.3 is 0 Å². The van der Waals surface area contributed by atoms with Crippen molar-refractivity contribution < 1.29 is 9.84 Å². The van der Waals surface area contributed by atoms with Gasteiger partial charge in [0.1, 0.15) is 0 Å². The average molecular weight is 280 g/mol. The summed E-state index contributed by atoms with van der Waals surface area (Å²) in [7, 11) is 3.25. The summed E-state index contributed by atoms with van der Waals surface area (Å²) < 4.78 is 4.25. The molecule has 1 aromatic heterocycles. The molecule has 0 bridgehead atoms. The van der Waals surface area contributed by atoms with Crippen molar-refractivity contribution >= 4 is 5.69 Å². The topological polar surface area (TPSA) is 45.6 Å². The van der Waals surface area contributed by atoms with Gasteiger partial charge in [0.15, 0.2) is 0 Å². The Morgan fingerprint density at radius 2 is 1.95 bits per heavy atom. The number of pyridine rings is 1. The molecule has 114 valence electrons. The van der Waals surface area contributed by atoms with Gasteiger partial charge in [-0.25, -0.2) is 0 Å². The second-order valence-electron chi connectivity index (χ2n) is 5.38. The van der Waals surface area contributed by atoms with Crippen molar-refractivity contribution in [2.75, 3.05) is 32.2 Å². The Morgan fingerprint density at radius 3 is 2.40 bits per heavy atom. The summed E-state index contributed by atoms with van der Waals surface area (Å²) in [5.74, 6) is 0.534. The highest BCUT2D eigenvalue weighted by molar-refractivity contribution is 5.45. The molecule has 4 heteroatoms. The zero-order chi connectivity index (χ0) is 15.0. The first-order chi connectivity index (χ1) is 9.62. The van der Waals surface area contributed by atoms with Gasteiger partial charge < -0.3 is 14.7 Å². The third kappa shape index (κ3) is 5.10. The Kier molecular flexibility index (Phi) is 7.55. The van der Waals surface area contributed by atoms with Crippen LogP contribution >= 0.6 is 0 Å². The van der Waals surface area contributed by atoms with Crippen LogP contribution in [0.2, 0.25) is 0 Å². The molecule has 0 aromatic carbocycles. The molecule has 0 radical (unpaired) electrons. The quantitative estimate of drug-likeness (QED) is 0.925. The van der Waals surface area contributed by atoms with Gasteiger partial charge in [0.05, 0.1) is 18.0 Å². The van der Waals surface area contributed by atoms with Crippen molar-refractivity contribution in [2.24, 2.45) is 0 Å². The normalized spacial score (nSPS) is 17.4. The van der Waals surface area contributed by atoms with Gasteiger partial charge in [-0.1, -0.05) is 13.8 Å². The maximum absolute atomic E-state index is 9.48. The maximum Gasteiger partial charge on any atom is 0.0574 e. The van der Waals surface area contributed by atoms with Crippen LogP contribution in [0.4, 0.5) is 5.69 Å². The molecule has 0 spiro atoms. The van der Waals surface area contributed by atoms with E-state index in [1.54, 1.807) is 14.2 Å². The lowest BCUT2D eigenvalue weighted by Crippen LogP contribution is -2.35. The molecule has 2 heterocycles. The van der Waals surface area contributed by atoms with Crippen molar-refractivity contribution in [3.63, 3.8) is 0 Å². The first kappa shape index (κ1) is 16.9. The van der Waals surface area contributed by atoms with E-state index in [0.29, 0.717) is 5.92 Å². The van der Waals surface area contributed by atoms with Gasteiger partial charge in [-0.05, 0) is 37.3 Å². The fourth-order valence-corrected chi connectivity index (χ4v) is 2.21. The van der Waals surface area contributed by atoms with E-state index in [0.717, 1.165) is 32.4 Å². The summed E-state index contributed by atoms with van der Waals surface area (Å²) in [6, 6.07) is 4.29. The molecule has 1 aliphatic heterocycles. The van der Waals surface area contributed by atoms with Crippen molar-refractivity contribution in [2.45, 2.75) is 45.1 Å². The van der Waals surface area contributed by atoms with Gasteiger partial charge in [0, 0.05) is 33.0 Å². The number of rotatable bonds is 3. The maximum atomic E-state index is 9.48. The second-order valence-corrected chi connectivity index (χ2v) is 5.38. The summed E-state index contributed by atoms with van der Waals surface area (Å²) in [5, 5.41) is 9.48. The lowest BCUT2D eigenvalue weighted by molar-refractivity contribution is 0.145. The van der Waals surface area contributed by atoms with E-state index in [1.165, 1.54) is 11.4 Å². The first-order valence-corrected chi connectivity index (χ1v) is 7.41. The smallest absolute Gasteiger partial charge is 0.0574 e. The number of piperidine rings is 1. The highest BCUT2D eigenvalue weighted by Crippen LogP contribution is 2.22. The van der Waals surface area contributed by atoms with Crippen molar-refractivity contribution in [3.8, 4) is 0 Å². The van der Waals surface area contributed by atoms with Crippen LogP contribution in [0.5, 0.6) is 0 Å². The molecule has 0 saturated carbocycles. The lowest BCUT2D eigenvalue weighted by Gasteiger charge is -2.31. The highest BCUT2D eigenvalue weighted by atomic mass is 16.4. The van der Waals surface area contributed by atoms with Crippen molar-refractivity contribution in [1.82, 2.24) is 4.98 Å². The summed E-state index contributed by atoms with van der Waals surface area (Å²) >= 11 is 0. The average Bonchev–Trinajstić information content (AvgIpc) is 2.48. The van der Waals surface area contributed by atoms with E-state index in [1.807, 2.05) is 6.20 Å². The molecule has 1 saturated heterocycles. The number of hydrogen-bond acceptors (Lipinski definition) is 4. The molecule has 2 rings (SSSR count). The Labute approximate surface area is 122 Å². The fraction of sp³-hybridized carbons (Fsp3) is 0.688. The second kappa shape index (κ2) is 8.93. The monoisotopic (exact) mass is 280 g/mol. The number of aliphatic hydroxyl groups excluding tert-OH is 1. The SMILES string of the molecule is CCC(C)c1ccc(N2CCC(O)CC2)cn1.COC. The minimum absolute atomic E-state index is 0.112. The molecule has 1 aromatic rings. The van der Waals surface area contributed by atoms with Crippen LogP contribution in [-0.2, 0) is 4.74 Å². The molecule has 20 heavy (non-hydrogen) atoms. The Hall–Kier alpha value is -1.13. The van der Waals surface area contributed by atoms with E-state index >= 15 is 0 Å². The van der Waals surface area contributed by atoms with E-state index in [2.05, 4.69) is 40.6 Å². The molecule has 1 fully saturated rings. The van der Waals surface area contributed by atoms with Crippen LogP contribution in [0, 0.1) is 0 Å². The molecular formula is C16H28N2O2. The zero-order valence-corrected chi connectivity index (χ0v) is 13.2. The third-order valence-electron chi connectivity index (χ3n) is 3.72. The first-order valence-electron chi connectivity index (χ1n) is 7.41. The van der Waals surface area contributed by atoms with Gasteiger partial charge in [0.25, 0.3) is 0 Å². The van der Waals surface area contributed by atoms with Crippen LogP contribution < -0.4 is 4.90 Å². The summed E-state index contributed by atoms with van der Waals surface area (Å²) in [6.45, 7) is 6.27. The molecule has 0 amide bonds. The van der Waals surface area contributed by atoms with E-state index in [4.69, 9.17) is 0 Å². The number of methoxy groups -OCH3 is 1. The number of aliphatic hydroxyl groups is 1. The molecule has 1 N–H and O–H groups in total. The van der Waals surface area contributed by atoms with Crippen LogP contribution in [0.3, 0.4) is 0 Å². The predicted molar refractivity (Wildman–Crippen MR) is 83.3 cm³/mol. The molecule has 1 atom stereocenters. The Bertz CT molecular complexity index is 359. The third-order valence-corrected chi connectivity index (χ3v) is 3.72. The lowest BCUT2D eigenvalue weighted by atomic mass is 10.0. The van der Waals surface area contributed by atoms with Crippen LogP contribution in [0.15, 0.2) is 18.3 Å². The van der Waals surface area contributed by atoms with E-state index < -0.39 is 0 Å². The molecule has 0 aliphatic carbocycles. The highest BCUT2D eigenvalue weighted by Gasteiger charge is 2.17. The minimum atomic E-state index is -0.112. The minimum Gasteiger partial charge on any atom is -0.393 e. The van der Waals surface area contributed by atoms with E-state index in [9.17, 15) is 5.11 Å². The van der Waals surface area contributed by atoms with Gasteiger partial charge in [-0.3, -0.25) is 4.98 Å². The Balaban J connectivity index is 0.000000612. The summed E-state index contributed by atoms with van der Waals surface area (Å²) in [6.07, 6.45) is 4.72. The van der Waals surface area contributed by atoms with Gasteiger partial charge in [0.2, 0.25) is 0 Å². The Morgan fingerprint density at radius 1 is 1.35 bits per heavy atom. The zero-order valence-electron chi connectivity index (χ0n) is 13.2. The van der Waals surface area contributed by atoms with E-state index in [-0.39, 0.29) is 6.10 Å².